The van der Waals surface area contributed by atoms with Crippen LogP contribution in [0, 0.1) is 0 Å². The molecule has 59 heavy (non-hydrogen) atoms. The number of amides is 3. The molecular formula is C51H99N5O3. The molecule has 0 bridgehead atoms. The van der Waals surface area contributed by atoms with Crippen molar-refractivity contribution in [2.24, 2.45) is 11.5 Å². The SMILES string of the molecule is CCCCCCCC/C=C\CCCCCCCC(=O)N(CCCN)CCCCN(CCCN(CCCN)C(=O)CCCCCCC/C=C\CCCCCCCC)C(C)=O. The summed E-state index contributed by atoms with van der Waals surface area (Å²) >= 11 is 0. The van der Waals surface area contributed by atoms with Crippen molar-refractivity contribution in [3.63, 3.8) is 0 Å². The van der Waals surface area contributed by atoms with Crippen LogP contribution < -0.4 is 11.5 Å². The van der Waals surface area contributed by atoms with E-state index in [2.05, 4.69) is 38.2 Å². The summed E-state index contributed by atoms with van der Waals surface area (Å²) in [6.07, 6.45) is 47.3. The predicted octanol–water partition coefficient (Wildman–Crippen LogP) is 12.4. The summed E-state index contributed by atoms with van der Waals surface area (Å²) in [6, 6.07) is 0. The van der Waals surface area contributed by atoms with E-state index in [0.29, 0.717) is 65.2 Å². The van der Waals surface area contributed by atoms with Gasteiger partial charge in [0.2, 0.25) is 17.7 Å². The van der Waals surface area contributed by atoms with Gasteiger partial charge in [-0.15, -0.1) is 0 Å². The minimum Gasteiger partial charge on any atom is -0.343 e. The van der Waals surface area contributed by atoms with Crippen molar-refractivity contribution in [3.05, 3.63) is 24.3 Å². The van der Waals surface area contributed by atoms with Crippen molar-refractivity contribution >= 4 is 17.7 Å². The third-order valence-electron chi connectivity index (χ3n) is 11.7. The molecule has 0 aliphatic rings. The van der Waals surface area contributed by atoms with Gasteiger partial charge in [-0.2, -0.15) is 0 Å². The lowest BCUT2D eigenvalue weighted by Gasteiger charge is -2.26. The van der Waals surface area contributed by atoms with Crippen LogP contribution in [0.15, 0.2) is 24.3 Å². The van der Waals surface area contributed by atoms with Crippen LogP contribution in [0.25, 0.3) is 0 Å². The second-order valence-electron chi connectivity index (χ2n) is 17.3. The van der Waals surface area contributed by atoms with Crippen LogP contribution in [-0.4, -0.2) is 84.8 Å². The molecule has 0 aromatic carbocycles. The zero-order valence-corrected chi connectivity index (χ0v) is 39.5. The lowest BCUT2D eigenvalue weighted by atomic mass is 10.1. The van der Waals surface area contributed by atoms with Gasteiger partial charge in [0.15, 0.2) is 0 Å². The second-order valence-corrected chi connectivity index (χ2v) is 17.3. The summed E-state index contributed by atoms with van der Waals surface area (Å²) in [4.78, 5) is 44.7. The second kappa shape index (κ2) is 45.3. The van der Waals surface area contributed by atoms with Gasteiger partial charge in [-0.05, 0) is 109 Å². The number of rotatable bonds is 45. The molecule has 0 radical (unpaired) electrons. The van der Waals surface area contributed by atoms with Gasteiger partial charge < -0.3 is 26.2 Å². The van der Waals surface area contributed by atoms with E-state index in [-0.39, 0.29) is 17.7 Å². The van der Waals surface area contributed by atoms with Crippen molar-refractivity contribution in [1.82, 2.24) is 14.7 Å². The highest BCUT2D eigenvalue weighted by Gasteiger charge is 2.16. The van der Waals surface area contributed by atoms with Crippen LogP contribution in [0.4, 0.5) is 0 Å². The first-order valence-electron chi connectivity index (χ1n) is 25.4. The number of carbonyl (C=O) groups excluding carboxylic acids is 3. The third kappa shape index (κ3) is 38.5. The zero-order valence-electron chi connectivity index (χ0n) is 39.5. The molecule has 0 rings (SSSR count). The van der Waals surface area contributed by atoms with E-state index in [4.69, 9.17) is 11.5 Å². The van der Waals surface area contributed by atoms with Gasteiger partial charge in [-0.25, -0.2) is 0 Å². The summed E-state index contributed by atoms with van der Waals surface area (Å²) in [5, 5.41) is 0. The topological polar surface area (TPSA) is 113 Å². The first kappa shape index (κ1) is 56.8. The minimum atomic E-state index is 0.0679. The van der Waals surface area contributed by atoms with Crippen LogP contribution in [-0.2, 0) is 14.4 Å². The molecule has 0 aromatic rings. The van der Waals surface area contributed by atoms with Crippen LogP contribution in [0.2, 0.25) is 0 Å². The van der Waals surface area contributed by atoms with Crippen molar-refractivity contribution in [1.29, 1.82) is 0 Å². The molecule has 0 saturated heterocycles. The first-order valence-corrected chi connectivity index (χ1v) is 25.4. The Bertz CT molecular complexity index is 1000. The fraction of sp³-hybridized carbons (Fsp3) is 0.863. The number of nitrogens with two attached hydrogens (primary N) is 2. The van der Waals surface area contributed by atoms with Gasteiger partial charge in [0.1, 0.15) is 0 Å². The molecule has 4 N–H and O–H groups in total. The average Bonchev–Trinajstić information content (AvgIpc) is 3.23. The molecule has 0 spiro atoms. The largest absolute Gasteiger partial charge is 0.343 e. The van der Waals surface area contributed by atoms with Crippen molar-refractivity contribution in [3.8, 4) is 0 Å². The van der Waals surface area contributed by atoms with E-state index in [1.165, 1.54) is 141 Å². The molecular weight excluding hydrogens is 731 g/mol. The predicted molar refractivity (Wildman–Crippen MR) is 256 cm³/mol. The lowest BCUT2D eigenvalue weighted by molar-refractivity contribution is -0.132. The molecule has 8 nitrogen and oxygen atoms in total. The Balaban J connectivity index is 4.32. The summed E-state index contributed by atoms with van der Waals surface area (Å²) in [7, 11) is 0. The molecule has 0 aliphatic heterocycles. The van der Waals surface area contributed by atoms with E-state index in [0.717, 1.165) is 57.8 Å². The highest BCUT2D eigenvalue weighted by atomic mass is 16.2. The maximum absolute atomic E-state index is 13.2. The Hall–Kier alpha value is -2.19. The van der Waals surface area contributed by atoms with Crippen molar-refractivity contribution in [2.75, 3.05) is 52.4 Å². The van der Waals surface area contributed by atoms with Crippen LogP contribution >= 0.6 is 0 Å². The lowest BCUT2D eigenvalue weighted by Crippen LogP contribution is -2.37. The van der Waals surface area contributed by atoms with E-state index < -0.39 is 0 Å². The maximum Gasteiger partial charge on any atom is 0.222 e. The first-order chi connectivity index (χ1) is 28.9. The number of hydrogen-bond donors (Lipinski definition) is 2. The number of allylic oxidation sites excluding steroid dienone is 4. The van der Waals surface area contributed by atoms with E-state index in [1.807, 2.05) is 14.7 Å². The normalized spacial score (nSPS) is 11.6. The van der Waals surface area contributed by atoms with E-state index >= 15 is 0 Å². The fourth-order valence-electron chi connectivity index (χ4n) is 7.78. The summed E-state index contributed by atoms with van der Waals surface area (Å²) in [6.45, 7) is 11.4. The average molecular weight is 830 g/mol. The Labute approximate surface area is 366 Å². The Morgan fingerprint density at radius 2 is 0.644 bits per heavy atom. The summed E-state index contributed by atoms with van der Waals surface area (Å²) in [5.41, 5.74) is 11.6. The number of unbranched alkanes of at least 4 members (excludes halogenated alkanes) is 23. The maximum atomic E-state index is 13.2. The molecule has 8 heteroatoms. The van der Waals surface area contributed by atoms with Crippen molar-refractivity contribution in [2.45, 2.75) is 233 Å². The number of hydrogen-bond acceptors (Lipinski definition) is 5. The third-order valence-corrected chi connectivity index (χ3v) is 11.7. The van der Waals surface area contributed by atoms with Gasteiger partial charge in [0, 0.05) is 59.0 Å². The molecule has 0 aromatic heterocycles. The summed E-state index contributed by atoms with van der Waals surface area (Å²) in [5.74, 6) is 0.524. The number of nitrogens with zero attached hydrogens (tertiary/aromatic N) is 3. The summed E-state index contributed by atoms with van der Waals surface area (Å²) < 4.78 is 0. The molecule has 0 saturated carbocycles. The van der Waals surface area contributed by atoms with Gasteiger partial charge in [0.05, 0.1) is 0 Å². The smallest absolute Gasteiger partial charge is 0.222 e. The van der Waals surface area contributed by atoms with Gasteiger partial charge in [0.25, 0.3) is 0 Å². The molecule has 0 atom stereocenters. The van der Waals surface area contributed by atoms with Gasteiger partial charge in [-0.3, -0.25) is 14.4 Å². The monoisotopic (exact) mass is 830 g/mol. The van der Waals surface area contributed by atoms with Crippen molar-refractivity contribution < 1.29 is 14.4 Å². The Morgan fingerprint density at radius 3 is 1.00 bits per heavy atom. The van der Waals surface area contributed by atoms with Crippen LogP contribution in [0.1, 0.15) is 233 Å². The molecule has 0 heterocycles. The molecule has 0 unspecified atom stereocenters. The quantitative estimate of drug-likeness (QED) is 0.0469. The molecule has 3 amide bonds. The fourth-order valence-corrected chi connectivity index (χ4v) is 7.78. The molecule has 0 fully saturated rings. The van der Waals surface area contributed by atoms with Gasteiger partial charge in [-0.1, -0.05) is 141 Å². The Morgan fingerprint density at radius 1 is 0.356 bits per heavy atom. The zero-order chi connectivity index (χ0) is 43.3. The minimum absolute atomic E-state index is 0.0679. The number of carbonyl (C=O) groups is 3. The van der Waals surface area contributed by atoms with E-state index in [1.54, 1.807) is 6.92 Å². The molecule has 346 valence electrons. The highest BCUT2D eigenvalue weighted by molar-refractivity contribution is 5.76. The van der Waals surface area contributed by atoms with Crippen LogP contribution in [0.3, 0.4) is 0 Å². The standard InChI is InChI=1S/C51H99N5O3/c1-4-6-8-10-12-14-16-18-20-22-24-26-28-30-32-39-50(58)55(45-36-41-52)44-35-34-43-54(49(3)57)47-38-48-56(46-37-42-53)51(59)40-33-31-29-27-25-23-21-19-17-15-13-11-9-7-5-2/h18-21H,4-17,22-48,52-53H2,1-3H3/b20-18-,21-19-. The molecule has 0 aliphatic carbocycles. The highest BCUT2D eigenvalue weighted by Crippen LogP contribution is 2.14. The van der Waals surface area contributed by atoms with Gasteiger partial charge >= 0.3 is 0 Å². The Kier molecular flexibility index (Phi) is 43.7. The van der Waals surface area contributed by atoms with E-state index in [9.17, 15) is 14.4 Å². The van der Waals surface area contributed by atoms with Crippen LogP contribution in [0.5, 0.6) is 0 Å².